The average molecular weight is 310 g/mol. The molecule has 0 fully saturated rings. The van der Waals surface area contributed by atoms with Crippen LogP contribution in [0.15, 0.2) is 59.6 Å². The Morgan fingerprint density at radius 2 is 1.77 bits per heavy atom. The summed E-state index contributed by atoms with van der Waals surface area (Å²) in [7, 11) is 1.86. The molecule has 0 aromatic heterocycles. The molecule has 22 heavy (non-hydrogen) atoms. The molecule has 0 radical (unpaired) electrons. The van der Waals surface area contributed by atoms with Crippen LogP contribution in [-0.4, -0.2) is 35.2 Å². The Balaban J connectivity index is 2.02. The Kier molecular flexibility index (Phi) is 4.29. The first-order valence-corrected chi connectivity index (χ1v) is 8.46. The van der Waals surface area contributed by atoms with Gasteiger partial charge in [0.1, 0.15) is 0 Å². The Morgan fingerprint density at radius 1 is 1.09 bits per heavy atom. The number of benzene rings is 2. The number of thioether (sulfide) groups is 1. The molecular weight excluding hydrogens is 292 g/mol. The van der Waals surface area contributed by atoms with Crippen LogP contribution in [0.4, 0.5) is 5.69 Å². The van der Waals surface area contributed by atoms with E-state index < -0.39 is 0 Å². The van der Waals surface area contributed by atoms with Gasteiger partial charge in [0.05, 0.1) is 22.3 Å². The fourth-order valence-electron chi connectivity index (χ4n) is 2.69. The van der Waals surface area contributed by atoms with Gasteiger partial charge in [-0.2, -0.15) is 0 Å². The number of hydrogen-bond acceptors (Lipinski definition) is 3. The molecule has 3 rings (SSSR count). The lowest BCUT2D eigenvalue weighted by Gasteiger charge is -2.27. The van der Waals surface area contributed by atoms with E-state index >= 15 is 0 Å². The average Bonchev–Trinajstić information content (AvgIpc) is 2.66. The van der Waals surface area contributed by atoms with Gasteiger partial charge in [0, 0.05) is 7.05 Å². The summed E-state index contributed by atoms with van der Waals surface area (Å²) in [4.78, 5) is 19.3. The molecule has 1 amide bonds. The van der Waals surface area contributed by atoms with Crippen LogP contribution in [0.5, 0.6) is 0 Å². The van der Waals surface area contributed by atoms with Crippen molar-refractivity contribution in [1.82, 2.24) is 4.90 Å². The van der Waals surface area contributed by atoms with Crippen LogP contribution in [0.3, 0.4) is 0 Å². The van der Waals surface area contributed by atoms with Gasteiger partial charge in [0.25, 0.3) is 5.91 Å². The van der Waals surface area contributed by atoms with E-state index in [2.05, 4.69) is 12.1 Å². The number of nitrogens with zero attached hydrogens (tertiary/aromatic N) is 2. The summed E-state index contributed by atoms with van der Waals surface area (Å²) < 4.78 is 0. The minimum atomic E-state index is -0.0303. The largest absolute Gasteiger partial charge is 0.332 e. The van der Waals surface area contributed by atoms with Gasteiger partial charge in [-0.1, -0.05) is 42.5 Å². The second-order valence-corrected chi connectivity index (χ2v) is 6.12. The van der Waals surface area contributed by atoms with E-state index in [1.54, 1.807) is 11.8 Å². The van der Waals surface area contributed by atoms with Crippen molar-refractivity contribution in [2.45, 2.75) is 12.5 Å². The van der Waals surface area contributed by atoms with E-state index in [0.717, 1.165) is 17.2 Å². The lowest BCUT2D eigenvalue weighted by atomic mass is 10.1. The normalized spacial score (nSPS) is 17.7. The fraction of sp³-hybridized carbons (Fsp3) is 0.222. The van der Waals surface area contributed by atoms with Gasteiger partial charge < -0.3 is 4.90 Å². The molecule has 2 aromatic rings. The molecule has 0 unspecified atom stereocenters. The molecule has 1 aliphatic rings. The third-order valence-corrected chi connectivity index (χ3v) is 4.70. The van der Waals surface area contributed by atoms with Crippen LogP contribution < -0.4 is 0 Å². The molecule has 0 saturated carbocycles. The zero-order chi connectivity index (χ0) is 15.5. The van der Waals surface area contributed by atoms with Crippen LogP contribution in [0.1, 0.15) is 15.9 Å². The molecule has 0 N–H and O–H groups in total. The van der Waals surface area contributed by atoms with Crippen molar-refractivity contribution in [2.24, 2.45) is 4.99 Å². The number of para-hydroxylation sites is 1. The zero-order valence-electron chi connectivity index (χ0n) is 12.7. The van der Waals surface area contributed by atoms with Gasteiger partial charge >= 0.3 is 0 Å². The zero-order valence-corrected chi connectivity index (χ0v) is 13.5. The molecule has 1 heterocycles. The minimum Gasteiger partial charge on any atom is -0.332 e. The number of hydrogen-bond donors (Lipinski definition) is 0. The first kappa shape index (κ1) is 14.9. The summed E-state index contributed by atoms with van der Waals surface area (Å²) in [5.74, 6) is 0.0318. The molecule has 0 spiro atoms. The number of aliphatic imine (C=N–C) groups is 1. The van der Waals surface area contributed by atoms with Gasteiger partial charge in [0.2, 0.25) is 0 Å². The second kappa shape index (κ2) is 6.36. The number of carbonyl (C=O) groups is 1. The fourth-order valence-corrected chi connectivity index (χ4v) is 3.39. The SMILES string of the molecule is CSC1=Nc2ccccc2C(=O)N(C)[C@H]1Cc1ccccc1. The van der Waals surface area contributed by atoms with Crippen molar-refractivity contribution in [1.29, 1.82) is 0 Å². The third-order valence-electron chi connectivity index (χ3n) is 3.92. The van der Waals surface area contributed by atoms with Gasteiger partial charge in [-0.3, -0.25) is 4.79 Å². The van der Waals surface area contributed by atoms with Crippen molar-refractivity contribution in [3.8, 4) is 0 Å². The molecule has 4 heteroatoms. The maximum atomic E-state index is 12.7. The molecule has 112 valence electrons. The maximum Gasteiger partial charge on any atom is 0.256 e. The molecule has 0 saturated heterocycles. The van der Waals surface area contributed by atoms with Crippen molar-refractivity contribution in [3.05, 3.63) is 65.7 Å². The van der Waals surface area contributed by atoms with E-state index in [1.807, 2.05) is 60.7 Å². The third kappa shape index (κ3) is 2.79. The number of fused-ring (bicyclic) bond motifs is 1. The summed E-state index contributed by atoms with van der Waals surface area (Å²) in [6.07, 6.45) is 2.79. The van der Waals surface area contributed by atoms with Crippen LogP contribution in [-0.2, 0) is 6.42 Å². The predicted octanol–water partition coefficient (Wildman–Crippen LogP) is 3.78. The van der Waals surface area contributed by atoms with Gasteiger partial charge in [0.15, 0.2) is 0 Å². The molecular formula is C18H18N2OS. The van der Waals surface area contributed by atoms with Crippen molar-refractivity contribution in [2.75, 3.05) is 13.3 Å². The Labute approximate surface area is 135 Å². The Bertz CT molecular complexity index is 712. The second-order valence-electron chi connectivity index (χ2n) is 5.29. The van der Waals surface area contributed by atoms with Gasteiger partial charge in [-0.25, -0.2) is 4.99 Å². The van der Waals surface area contributed by atoms with Crippen LogP contribution in [0, 0.1) is 0 Å². The summed E-state index contributed by atoms with van der Waals surface area (Å²) in [5.41, 5.74) is 2.64. The molecule has 0 aliphatic carbocycles. The topological polar surface area (TPSA) is 32.7 Å². The lowest BCUT2D eigenvalue weighted by molar-refractivity contribution is 0.0774. The summed E-state index contributed by atoms with van der Waals surface area (Å²) >= 11 is 1.61. The quantitative estimate of drug-likeness (QED) is 0.845. The molecule has 1 aliphatic heterocycles. The monoisotopic (exact) mass is 310 g/mol. The molecule has 3 nitrogen and oxygen atoms in total. The highest BCUT2D eigenvalue weighted by molar-refractivity contribution is 8.13. The van der Waals surface area contributed by atoms with E-state index in [1.165, 1.54) is 5.56 Å². The van der Waals surface area contributed by atoms with E-state index in [0.29, 0.717) is 5.56 Å². The number of carbonyl (C=O) groups excluding carboxylic acids is 1. The highest BCUT2D eigenvalue weighted by atomic mass is 32.2. The van der Waals surface area contributed by atoms with E-state index in [9.17, 15) is 4.79 Å². The number of rotatable bonds is 2. The maximum absolute atomic E-state index is 12.7. The summed E-state index contributed by atoms with van der Waals surface area (Å²) in [6.45, 7) is 0. The summed E-state index contributed by atoms with van der Waals surface area (Å²) in [5, 5.41) is 0.977. The number of likely N-dealkylation sites (N-methyl/N-ethyl adjacent to an activating group) is 1. The lowest BCUT2D eigenvalue weighted by Crippen LogP contribution is -2.41. The molecule has 0 bridgehead atoms. The standard InChI is InChI=1S/C18H18N2OS/c1-20-16(12-13-8-4-3-5-9-13)17(22-2)19-15-11-7-6-10-14(15)18(20)21/h3-11,16H,12H2,1-2H3/t16-/m0/s1. The van der Waals surface area contributed by atoms with E-state index in [-0.39, 0.29) is 11.9 Å². The van der Waals surface area contributed by atoms with Crippen LogP contribution >= 0.6 is 11.8 Å². The van der Waals surface area contributed by atoms with Crippen LogP contribution in [0.25, 0.3) is 0 Å². The minimum absolute atomic E-state index is 0.0303. The predicted molar refractivity (Wildman–Crippen MR) is 93.1 cm³/mol. The highest BCUT2D eigenvalue weighted by Crippen LogP contribution is 2.29. The van der Waals surface area contributed by atoms with Crippen molar-refractivity contribution in [3.63, 3.8) is 0 Å². The van der Waals surface area contributed by atoms with Crippen LogP contribution in [0.2, 0.25) is 0 Å². The van der Waals surface area contributed by atoms with Crippen molar-refractivity contribution < 1.29 is 4.79 Å². The Hall–Kier alpha value is -2.07. The molecule has 2 aromatic carbocycles. The molecule has 1 atom stereocenters. The van der Waals surface area contributed by atoms with Gasteiger partial charge in [-0.05, 0) is 30.4 Å². The van der Waals surface area contributed by atoms with E-state index in [4.69, 9.17) is 4.99 Å². The first-order valence-electron chi connectivity index (χ1n) is 7.23. The first-order chi connectivity index (χ1) is 10.7. The number of amides is 1. The summed E-state index contributed by atoms with van der Waals surface area (Å²) in [6, 6.07) is 17.8. The smallest absolute Gasteiger partial charge is 0.256 e. The van der Waals surface area contributed by atoms with Gasteiger partial charge in [-0.15, -0.1) is 11.8 Å². The van der Waals surface area contributed by atoms with Crippen molar-refractivity contribution >= 4 is 28.4 Å². The highest BCUT2D eigenvalue weighted by Gasteiger charge is 2.30. The Morgan fingerprint density at radius 3 is 2.50 bits per heavy atom.